The molecule has 1 aromatic carbocycles. The van der Waals surface area contributed by atoms with Crippen molar-refractivity contribution < 1.29 is 37.6 Å². The van der Waals surface area contributed by atoms with Gasteiger partial charge in [0, 0.05) is 19.6 Å². The number of halogens is 2. The normalized spacial score (nSPS) is 24.9. The molecule has 2 fully saturated rings. The molecule has 3 unspecified atom stereocenters. The van der Waals surface area contributed by atoms with Gasteiger partial charge in [-0.3, -0.25) is 0 Å². The first-order valence-corrected chi connectivity index (χ1v) is 13.3. The molecule has 0 aromatic heterocycles. The smallest absolute Gasteiger partial charge is 0.200 e. The van der Waals surface area contributed by atoms with E-state index in [0.29, 0.717) is 38.2 Å². The zero-order valence-corrected chi connectivity index (χ0v) is 22.4. The lowest BCUT2D eigenvalue weighted by Gasteiger charge is -2.38. The van der Waals surface area contributed by atoms with Crippen LogP contribution in [0.15, 0.2) is 12.1 Å². The molecule has 36 heavy (non-hydrogen) atoms. The van der Waals surface area contributed by atoms with E-state index in [2.05, 4.69) is 0 Å². The maximum absolute atomic E-state index is 14.3. The summed E-state index contributed by atoms with van der Waals surface area (Å²) in [5, 5.41) is 10.4. The van der Waals surface area contributed by atoms with E-state index < -0.39 is 29.3 Å². The Kier molecular flexibility index (Phi) is 10.5. The number of aliphatic hydroxyl groups is 1. The number of hydrogen-bond acceptors (Lipinski definition) is 6. The van der Waals surface area contributed by atoms with Crippen molar-refractivity contribution in [3.05, 3.63) is 29.3 Å². The van der Waals surface area contributed by atoms with Gasteiger partial charge in [-0.25, -0.2) is 4.39 Å². The Balaban J connectivity index is 1.52. The molecule has 0 saturated carbocycles. The Hall–Kier alpha value is -1.32. The number of rotatable bonds is 12. The molecular weight excluding hydrogens is 470 g/mol. The second kappa shape index (κ2) is 13.0. The summed E-state index contributed by atoms with van der Waals surface area (Å²) in [7, 11) is 0. The molecule has 2 heterocycles. The Morgan fingerprint density at radius 1 is 1.08 bits per heavy atom. The van der Waals surface area contributed by atoms with E-state index in [1.807, 2.05) is 20.8 Å². The maximum atomic E-state index is 14.3. The van der Waals surface area contributed by atoms with Crippen molar-refractivity contribution in [2.75, 3.05) is 33.0 Å². The van der Waals surface area contributed by atoms with E-state index in [0.717, 1.165) is 51.6 Å². The topological polar surface area (TPSA) is 66.4 Å². The van der Waals surface area contributed by atoms with Crippen LogP contribution in [0.25, 0.3) is 0 Å². The van der Waals surface area contributed by atoms with Crippen molar-refractivity contribution in [1.82, 2.24) is 0 Å². The standard InChI is InChI=1S/C28H44F2O6/c1-26(2,3)36-27(4,31)19-33-16-13-28(12-8-14-32-20-28)11-7-9-21-17-22(29)25(30)23(18-21)35-24-10-5-6-15-34-24/h17-18,24,31H,5-16,19-20H2,1-4H3. The molecule has 8 heteroatoms. The van der Waals surface area contributed by atoms with E-state index in [1.165, 1.54) is 6.07 Å². The second-order valence-corrected chi connectivity index (χ2v) is 11.5. The molecule has 1 aromatic rings. The summed E-state index contributed by atoms with van der Waals surface area (Å²) in [5.74, 6) is -3.30. The summed E-state index contributed by atoms with van der Waals surface area (Å²) in [6, 6.07) is 2.86. The van der Waals surface area contributed by atoms with Crippen LogP contribution < -0.4 is 4.74 Å². The number of aryl methyl sites for hydroxylation is 1. The van der Waals surface area contributed by atoms with E-state index in [9.17, 15) is 13.9 Å². The predicted molar refractivity (Wildman–Crippen MR) is 133 cm³/mol. The minimum absolute atomic E-state index is 0.0389. The van der Waals surface area contributed by atoms with Gasteiger partial charge in [0.1, 0.15) is 6.61 Å². The van der Waals surface area contributed by atoms with E-state index in [4.69, 9.17) is 23.7 Å². The zero-order valence-electron chi connectivity index (χ0n) is 22.4. The highest BCUT2D eigenvalue weighted by molar-refractivity contribution is 5.31. The summed E-state index contributed by atoms with van der Waals surface area (Å²) in [4.78, 5) is 0. The maximum Gasteiger partial charge on any atom is 0.200 e. The minimum atomic E-state index is -1.36. The summed E-state index contributed by atoms with van der Waals surface area (Å²) in [6.07, 6.45) is 7.14. The summed E-state index contributed by atoms with van der Waals surface area (Å²) in [5.41, 5.74) is 0.195. The molecule has 3 rings (SSSR count). The fourth-order valence-electron chi connectivity index (χ4n) is 5.13. The van der Waals surface area contributed by atoms with Crippen molar-refractivity contribution in [3.63, 3.8) is 0 Å². The molecule has 1 N–H and O–H groups in total. The first kappa shape index (κ1) is 29.2. The SMILES string of the molecule is CC(C)(C)OC(C)(O)COCCC1(CCCc2cc(F)c(F)c(OC3CCCCO3)c2)CCCOC1. The minimum Gasteiger partial charge on any atom is -0.462 e. The molecule has 6 nitrogen and oxygen atoms in total. The Morgan fingerprint density at radius 3 is 2.56 bits per heavy atom. The van der Waals surface area contributed by atoms with Crippen molar-refractivity contribution >= 4 is 0 Å². The van der Waals surface area contributed by atoms with Crippen molar-refractivity contribution in [2.45, 2.75) is 103 Å². The van der Waals surface area contributed by atoms with E-state index >= 15 is 0 Å². The van der Waals surface area contributed by atoms with Crippen LogP contribution in [0.5, 0.6) is 5.75 Å². The van der Waals surface area contributed by atoms with Crippen molar-refractivity contribution in [2.24, 2.45) is 5.41 Å². The number of benzene rings is 1. The van der Waals surface area contributed by atoms with Gasteiger partial charge >= 0.3 is 0 Å². The van der Waals surface area contributed by atoms with Crippen LogP contribution in [0.4, 0.5) is 8.78 Å². The van der Waals surface area contributed by atoms with Crippen LogP contribution in [0.1, 0.15) is 84.6 Å². The molecule has 0 bridgehead atoms. The van der Waals surface area contributed by atoms with Gasteiger partial charge in [-0.2, -0.15) is 4.39 Å². The van der Waals surface area contributed by atoms with Gasteiger partial charge in [0.05, 0.1) is 18.8 Å². The predicted octanol–water partition coefficient (Wildman–Crippen LogP) is 5.92. The van der Waals surface area contributed by atoms with Crippen LogP contribution in [-0.4, -0.2) is 55.8 Å². The summed E-state index contributed by atoms with van der Waals surface area (Å²) >= 11 is 0. The first-order valence-electron chi connectivity index (χ1n) is 13.3. The van der Waals surface area contributed by atoms with Crippen molar-refractivity contribution in [1.29, 1.82) is 0 Å². The summed E-state index contributed by atoms with van der Waals surface area (Å²) in [6.45, 7) is 9.83. The molecule has 2 aliphatic rings. The van der Waals surface area contributed by atoms with Gasteiger partial charge in [0.25, 0.3) is 0 Å². The molecule has 3 atom stereocenters. The average Bonchev–Trinajstić information content (AvgIpc) is 2.80. The van der Waals surface area contributed by atoms with E-state index in [-0.39, 0.29) is 17.8 Å². The molecule has 2 saturated heterocycles. The third-order valence-electron chi connectivity index (χ3n) is 6.70. The fraction of sp³-hybridized carbons (Fsp3) is 0.786. The molecule has 2 aliphatic heterocycles. The van der Waals surface area contributed by atoms with Crippen molar-refractivity contribution in [3.8, 4) is 5.75 Å². The first-order chi connectivity index (χ1) is 17.0. The number of ether oxygens (including phenoxy) is 5. The largest absolute Gasteiger partial charge is 0.462 e. The highest BCUT2D eigenvalue weighted by atomic mass is 19.2. The zero-order chi connectivity index (χ0) is 26.2. The molecular formula is C28H44F2O6. The van der Waals surface area contributed by atoms with Gasteiger partial charge in [-0.15, -0.1) is 0 Å². The molecule has 0 spiro atoms. The third-order valence-corrected chi connectivity index (χ3v) is 6.70. The second-order valence-electron chi connectivity index (χ2n) is 11.5. The molecule has 0 amide bonds. The lowest BCUT2D eigenvalue weighted by atomic mass is 9.75. The van der Waals surface area contributed by atoms with Gasteiger partial charge in [0.2, 0.25) is 5.82 Å². The Labute approximate surface area is 214 Å². The molecule has 0 aliphatic carbocycles. The highest BCUT2D eigenvalue weighted by Gasteiger charge is 2.33. The third kappa shape index (κ3) is 9.53. The van der Waals surface area contributed by atoms with E-state index in [1.54, 1.807) is 13.0 Å². The van der Waals surface area contributed by atoms with Crippen LogP contribution in [-0.2, 0) is 25.4 Å². The average molecular weight is 515 g/mol. The number of hydrogen-bond donors (Lipinski definition) is 1. The van der Waals surface area contributed by atoms with Crippen LogP contribution >= 0.6 is 0 Å². The Morgan fingerprint density at radius 2 is 1.89 bits per heavy atom. The van der Waals surface area contributed by atoms with Gasteiger partial charge in [0.15, 0.2) is 23.6 Å². The monoisotopic (exact) mass is 514 g/mol. The van der Waals surface area contributed by atoms with Crippen LogP contribution in [0, 0.1) is 17.0 Å². The molecule has 206 valence electrons. The lowest BCUT2D eigenvalue weighted by Crippen LogP contribution is -2.41. The van der Waals surface area contributed by atoms with Crippen LogP contribution in [0.2, 0.25) is 0 Å². The fourth-order valence-corrected chi connectivity index (χ4v) is 5.13. The molecule has 0 radical (unpaired) electrons. The van der Waals surface area contributed by atoms with Gasteiger partial charge in [-0.05, 0) is 102 Å². The van der Waals surface area contributed by atoms with Gasteiger partial charge in [-0.1, -0.05) is 0 Å². The Bertz CT molecular complexity index is 811. The lowest BCUT2D eigenvalue weighted by molar-refractivity contribution is -0.264. The highest BCUT2D eigenvalue weighted by Crippen LogP contribution is 2.38. The summed E-state index contributed by atoms with van der Waals surface area (Å²) < 4.78 is 57.1. The van der Waals surface area contributed by atoms with Gasteiger partial charge < -0.3 is 28.8 Å². The quantitative estimate of drug-likeness (QED) is 0.276. The van der Waals surface area contributed by atoms with Crippen LogP contribution in [0.3, 0.4) is 0 Å².